The molecule has 24 heavy (non-hydrogen) atoms. The van der Waals surface area contributed by atoms with Gasteiger partial charge < -0.3 is 14.9 Å². The van der Waals surface area contributed by atoms with E-state index < -0.39 is 24.5 Å². The highest BCUT2D eigenvalue weighted by Crippen LogP contribution is 2.32. The first-order valence-electron chi connectivity index (χ1n) is 7.51. The van der Waals surface area contributed by atoms with E-state index in [1.165, 1.54) is 24.8 Å². The van der Waals surface area contributed by atoms with E-state index in [-0.39, 0.29) is 5.82 Å². The number of fused-ring (bicyclic) bond motifs is 1. The molecule has 0 radical (unpaired) electrons. The first-order chi connectivity index (χ1) is 11.6. The van der Waals surface area contributed by atoms with Gasteiger partial charge in [-0.3, -0.25) is 4.57 Å². The lowest BCUT2D eigenvalue weighted by Crippen LogP contribution is -2.30. The molecule has 4 rings (SSSR count). The number of ether oxygens (including phenoxy) is 1. The van der Waals surface area contributed by atoms with Gasteiger partial charge in [-0.05, 0) is 31.2 Å². The molecule has 8 heteroatoms. The van der Waals surface area contributed by atoms with Crippen LogP contribution in [0.2, 0.25) is 0 Å². The summed E-state index contributed by atoms with van der Waals surface area (Å²) in [5, 5.41) is 20.1. The number of aliphatic hydroxyl groups is 2. The second kappa shape index (κ2) is 5.59. The van der Waals surface area contributed by atoms with Crippen molar-refractivity contribution in [2.24, 2.45) is 0 Å². The molecule has 0 aliphatic carbocycles. The Morgan fingerprint density at radius 2 is 1.83 bits per heavy atom. The molecule has 1 aromatic carbocycles. The molecular weight excluding hydrogens is 315 g/mol. The SMILES string of the molecule is C[C@H]1O[C@@H](n2cnc3c(-c4ccc(F)cc4)ncnc32)[C@H](O)[C@@H]1O. The fourth-order valence-corrected chi connectivity index (χ4v) is 2.91. The molecule has 1 aliphatic rings. The van der Waals surface area contributed by atoms with Gasteiger partial charge in [0.25, 0.3) is 0 Å². The van der Waals surface area contributed by atoms with E-state index in [2.05, 4.69) is 15.0 Å². The number of aliphatic hydroxyl groups excluding tert-OH is 2. The van der Waals surface area contributed by atoms with Crippen molar-refractivity contribution in [1.82, 2.24) is 19.5 Å². The molecule has 0 unspecified atom stereocenters. The summed E-state index contributed by atoms with van der Waals surface area (Å²) in [7, 11) is 0. The Labute approximate surface area is 136 Å². The van der Waals surface area contributed by atoms with Crippen LogP contribution < -0.4 is 0 Å². The van der Waals surface area contributed by atoms with Crippen LogP contribution in [0.25, 0.3) is 22.4 Å². The average molecular weight is 330 g/mol. The molecule has 0 saturated carbocycles. The van der Waals surface area contributed by atoms with Crippen LogP contribution in [0.1, 0.15) is 13.2 Å². The molecule has 1 fully saturated rings. The number of benzene rings is 1. The summed E-state index contributed by atoms with van der Waals surface area (Å²) in [5.74, 6) is -0.333. The van der Waals surface area contributed by atoms with Gasteiger partial charge in [0, 0.05) is 5.56 Å². The van der Waals surface area contributed by atoms with Crippen molar-refractivity contribution in [2.45, 2.75) is 31.5 Å². The predicted octanol–water partition coefficient (Wildman–Crippen LogP) is 1.27. The van der Waals surface area contributed by atoms with E-state index in [1.807, 2.05) is 0 Å². The van der Waals surface area contributed by atoms with Gasteiger partial charge in [0.2, 0.25) is 0 Å². The molecule has 0 amide bonds. The topological polar surface area (TPSA) is 93.3 Å². The van der Waals surface area contributed by atoms with Crippen LogP contribution >= 0.6 is 0 Å². The van der Waals surface area contributed by atoms with Gasteiger partial charge in [-0.25, -0.2) is 19.3 Å². The van der Waals surface area contributed by atoms with Crippen molar-refractivity contribution >= 4 is 11.2 Å². The Balaban J connectivity index is 1.81. The van der Waals surface area contributed by atoms with Gasteiger partial charge in [0.15, 0.2) is 11.9 Å². The Kier molecular flexibility index (Phi) is 3.52. The molecule has 3 aromatic rings. The first-order valence-corrected chi connectivity index (χ1v) is 7.51. The van der Waals surface area contributed by atoms with Crippen LogP contribution in [-0.4, -0.2) is 48.0 Å². The van der Waals surface area contributed by atoms with Gasteiger partial charge in [0.1, 0.15) is 35.6 Å². The number of aromatic nitrogens is 4. The third-order valence-electron chi connectivity index (χ3n) is 4.23. The Morgan fingerprint density at radius 3 is 2.50 bits per heavy atom. The van der Waals surface area contributed by atoms with Crippen LogP contribution in [0.3, 0.4) is 0 Å². The lowest BCUT2D eigenvalue weighted by atomic mass is 10.1. The van der Waals surface area contributed by atoms with Crippen LogP contribution in [0.15, 0.2) is 36.9 Å². The number of rotatable bonds is 2. The van der Waals surface area contributed by atoms with Gasteiger partial charge in [0.05, 0.1) is 12.4 Å². The number of halogens is 1. The fourth-order valence-electron chi connectivity index (χ4n) is 2.91. The largest absolute Gasteiger partial charge is 0.388 e. The second-order valence-corrected chi connectivity index (χ2v) is 5.77. The molecule has 3 heterocycles. The summed E-state index contributed by atoms with van der Waals surface area (Å²) >= 11 is 0. The molecule has 1 aliphatic heterocycles. The Bertz CT molecular complexity index is 883. The highest BCUT2D eigenvalue weighted by atomic mass is 19.1. The Morgan fingerprint density at radius 1 is 1.08 bits per heavy atom. The second-order valence-electron chi connectivity index (χ2n) is 5.77. The van der Waals surface area contributed by atoms with E-state index >= 15 is 0 Å². The predicted molar refractivity (Wildman–Crippen MR) is 82.3 cm³/mol. The highest BCUT2D eigenvalue weighted by Gasteiger charge is 2.42. The van der Waals surface area contributed by atoms with Crippen LogP contribution in [0.5, 0.6) is 0 Å². The fraction of sp³-hybridized carbons (Fsp3) is 0.312. The maximum absolute atomic E-state index is 13.1. The quantitative estimate of drug-likeness (QED) is 0.735. The number of hydrogen-bond acceptors (Lipinski definition) is 6. The highest BCUT2D eigenvalue weighted by molar-refractivity contribution is 5.87. The van der Waals surface area contributed by atoms with Crippen molar-refractivity contribution in [3.05, 3.63) is 42.7 Å². The van der Waals surface area contributed by atoms with Crippen molar-refractivity contribution in [1.29, 1.82) is 0 Å². The Hall–Kier alpha value is -2.42. The monoisotopic (exact) mass is 330 g/mol. The lowest BCUT2D eigenvalue weighted by molar-refractivity contribution is -0.0299. The number of nitrogens with zero attached hydrogens (tertiary/aromatic N) is 4. The van der Waals surface area contributed by atoms with Gasteiger partial charge in [-0.2, -0.15) is 0 Å². The minimum absolute atomic E-state index is 0.333. The van der Waals surface area contributed by atoms with E-state index in [0.29, 0.717) is 22.4 Å². The normalized spacial score (nSPS) is 27.0. The molecule has 2 N–H and O–H groups in total. The first kappa shape index (κ1) is 15.1. The zero-order chi connectivity index (χ0) is 16.8. The van der Waals surface area contributed by atoms with E-state index in [4.69, 9.17) is 4.74 Å². The maximum atomic E-state index is 13.1. The minimum Gasteiger partial charge on any atom is -0.388 e. The summed E-state index contributed by atoms with van der Waals surface area (Å²) in [5.41, 5.74) is 2.24. The smallest absolute Gasteiger partial charge is 0.166 e. The zero-order valence-corrected chi connectivity index (χ0v) is 12.7. The maximum Gasteiger partial charge on any atom is 0.166 e. The number of imidazole rings is 1. The third-order valence-corrected chi connectivity index (χ3v) is 4.23. The molecule has 2 aromatic heterocycles. The van der Waals surface area contributed by atoms with Gasteiger partial charge >= 0.3 is 0 Å². The minimum atomic E-state index is -1.08. The summed E-state index contributed by atoms with van der Waals surface area (Å²) in [6.07, 6.45) is -0.477. The van der Waals surface area contributed by atoms with Crippen LogP contribution in [-0.2, 0) is 4.74 Å². The van der Waals surface area contributed by atoms with E-state index in [0.717, 1.165) is 0 Å². The van der Waals surface area contributed by atoms with Crippen molar-refractivity contribution in [3.63, 3.8) is 0 Å². The molecule has 0 bridgehead atoms. The summed E-state index contributed by atoms with van der Waals surface area (Å²) in [4.78, 5) is 12.8. The van der Waals surface area contributed by atoms with Gasteiger partial charge in [-0.15, -0.1) is 0 Å². The average Bonchev–Trinajstić information content (AvgIpc) is 3.12. The molecule has 4 atom stereocenters. The third kappa shape index (κ3) is 2.27. The summed E-state index contributed by atoms with van der Waals surface area (Å²) in [6.45, 7) is 1.69. The molecule has 124 valence electrons. The van der Waals surface area contributed by atoms with E-state index in [1.54, 1.807) is 23.6 Å². The standard InChI is InChI=1S/C16H15FN4O3/c1-8-13(22)14(23)16(24-8)21-7-20-12-11(18-6-19-15(12)21)9-2-4-10(17)5-3-9/h2-8,13-14,16,22-23H,1H3/t8-,13-,14-,16-/m1/s1. The molecule has 0 spiro atoms. The summed E-state index contributed by atoms with van der Waals surface area (Å²) < 4.78 is 20.3. The molecule has 7 nitrogen and oxygen atoms in total. The molecular formula is C16H15FN4O3. The van der Waals surface area contributed by atoms with Crippen LogP contribution in [0.4, 0.5) is 4.39 Å². The van der Waals surface area contributed by atoms with Crippen LogP contribution in [0, 0.1) is 5.82 Å². The van der Waals surface area contributed by atoms with Crippen molar-refractivity contribution in [3.8, 4) is 11.3 Å². The van der Waals surface area contributed by atoms with E-state index in [9.17, 15) is 14.6 Å². The summed E-state index contributed by atoms with van der Waals surface area (Å²) in [6, 6.07) is 5.93. The number of hydrogen-bond donors (Lipinski definition) is 2. The lowest BCUT2D eigenvalue weighted by Gasteiger charge is -2.16. The van der Waals surface area contributed by atoms with Gasteiger partial charge in [-0.1, -0.05) is 0 Å². The zero-order valence-electron chi connectivity index (χ0n) is 12.7. The molecule has 1 saturated heterocycles. The van der Waals surface area contributed by atoms with Crippen molar-refractivity contribution in [2.75, 3.05) is 0 Å². The van der Waals surface area contributed by atoms with Crippen molar-refractivity contribution < 1.29 is 19.3 Å².